The molecule has 1 aromatic carbocycles. The van der Waals surface area contributed by atoms with Gasteiger partial charge in [-0.1, -0.05) is 71.9 Å². The first kappa shape index (κ1) is 41.2. The molecule has 1 aliphatic rings. The maximum absolute atomic E-state index is 13.8. The molecule has 0 aromatic heterocycles. The van der Waals surface area contributed by atoms with Crippen LogP contribution in [0.4, 0.5) is 0 Å². The van der Waals surface area contributed by atoms with Gasteiger partial charge in [-0.05, 0) is 50.0 Å². The standard InChI is InChI=1S/C35H55N3O7.ClH/c1-8-23(6)31(36)30(40)19-26(39)18-27(22(4)5)32(41)24(7)33(42)37-28(17-21(2)3)34(43)38-16-12-15-29(38)35(44)45-20-25-13-10-9-11-14-25;/h9-11,13-14,21-24,27-31,40H,8,12,15-20,36H2,1-7H3,(H,37,42);1H/t23-,24+,27-,28-,29-,30-,31+;/m0./s1. The molecule has 1 aliphatic heterocycles. The van der Waals surface area contributed by atoms with Crippen LogP contribution in [-0.2, 0) is 35.3 Å². The highest BCUT2D eigenvalue weighted by Crippen LogP contribution is 2.25. The van der Waals surface area contributed by atoms with E-state index < -0.39 is 41.9 Å². The molecule has 2 rings (SSSR count). The minimum absolute atomic E-state index is 0. The van der Waals surface area contributed by atoms with Gasteiger partial charge in [-0.2, -0.15) is 0 Å². The first-order chi connectivity index (χ1) is 21.2. The highest BCUT2D eigenvalue weighted by molar-refractivity contribution is 6.04. The number of likely N-dealkylation sites (tertiary alicyclic amines) is 1. The van der Waals surface area contributed by atoms with Crippen LogP contribution in [0, 0.1) is 29.6 Å². The van der Waals surface area contributed by atoms with Crippen molar-refractivity contribution in [2.24, 2.45) is 29.6 Å². The summed E-state index contributed by atoms with van der Waals surface area (Å²) in [7, 11) is 0. The molecule has 0 bridgehead atoms. The number of nitrogens with one attached hydrogen (secondary N) is 1. The molecular weight excluding hydrogens is 610 g/mol. The zero-order chi connectivity index (χ0) is 33.8. The molecule has 5 N–H and O–H groups in total. The summed E-state index contributed by atoms with van der Waals surface area (Å²) in [4.78, 5) is 68.1. The second-order valence-electron chi connectivity index (χ2n) is 13.5. The monoisotopic (exact) mass is 665 g/mol. The van der Waals surface area contributed by atoms with E-state index in [0.717, 1.165) is 12.0 Å². The zero-order valence-corrected chi connectivity index (χ0v) is 29.4. The number of ether oxygens (including phenoxy) is 1. The summed E-state index contributed by atoms with van der Waals surface area (Å²) in [6, 6.07) is 7.36. The Hall–Kier alpha value is -2.82. The van der Waals surface area contributed by atoms with Gasteiger partial charge in [0.25, 0.3) is 0 Å². The molecule has 0 unspecified atom stereocenters. The number of nitrogens with zero attached hydrogens (tertiary/aromatic N) is 1. The maximum Gasteiger partial charge on any atom is 0.329 e. The number of ketones is 2. The highest BCUT2D eigenvalue weighted by Gasteiger charge is 2.40. The smallest absolute Gasteiger partial charge is 0.329 e. The third-order valence-corrected chi connectivity index (χ3v) is 9.10. The van der Waals surface area contributed by atoms with Crippen molar-refractivity contribution in [3.05, 3.63) is 35.9 Å². The molecule has 1 saturated heterocycles. The number of carbonyl (C=O) groups excluding carboxylic acids is 5. The van der Waals surface area contributed by atoms with Crippen LogP contribution < -0.4 is 23.5 Å². The van der Waals surface area contributed by atoms with E-state index in [4.69, 9.17) is 4.74 Å². The third kappa shape index (κ3) is 12.1. The molecule has 260 valence electrons. The number of hydrogen-bond acceptors (Lipinski definition) is 7. The number of rotatable bonds is 18. The maximum atomic E-state index is 13.8. The van der Waals surface area contributed by atoms with Crippen molar-refractivity contribution < 1.29 is 52.0 Å². The van der Waals surface area contributed by atoms with Gasteiger partial charge in [0.2, 0.25) is 11.8 Å². The predicted octanol–water partition coefficient (Wildman–Crippen LogP) is 0.0999. The number of halogens is 1. The van der Waals surface area contributed by atoms with Crippen molar-refractivity contribution in [1.29, 1.82) is 0 Å². The summed E-state index contributed by atoms with van der Waals surface area (Å²) >= 11 is 0. The predicted molar refractivity (Wildman–Crippen MR) is 171 cm³/mol. The minimum atomic E-state index is -1.09. The van der Waals surface area contributed by atoms with Gasteiger partial charge in [0, 0.05) is 31.2 Å². The zero-order valence-electron chi connectivity index (χ0n) is 28.7. The quantitative estimate of drug-likeness (QED) is 0.148. The largest absolute Gasteiger partial charge is 1.00 e. The number of carbonyl (C=O) groups is 5. The van der Waals surface area contributed by atoms with E-state index in [1.165, 1.54) is 11.8 Å². The van der Waals surface area contributed by atoms with Gasteiger partial charge in [-0.15, -0.1) is 0 Å². The molecule has 0 saturated carbocycles. The lowest BCUT2D eigenvalue weighted by atomic mass is 9.80. The number of aliphatic hydroxyl groups excluding tert-OH is 1. The van der Waals surface area contributed by atoms with Crippen LogP contribution in [0.1, 0.15) is 92.6 Å². The Morgan fingerprint density at radius 2 is 1.65 bits per heavy atom. The number of esters is 1. The molecule has 7 atom stereocenters. The van der Waals surface area contributed by atoms with Crippen LogP contribution in [0.2, 0.25) is 0 Å². The molecule has 10 nitrogen and oxygen atoms in total. The van der Waals surface area contributed by atoms with E-state index in [2.05, 4.69) is 11.1 Å². The van der Waals surface area contributed by atoms with Crippen molar-refractivity contribution >= 4 is 29.4 Å². The number of aliphatic hydroxyl groups is 1. The fraction of sp³-hybridized carbons (Fsp3) is 0.686. The average molecular weight is 666 g/mol. The van der Waals surface area contributed by atoms with E-state index >= 15 is 0 Å². The van der Waals surface area contributed by atoms with Crippen LogP contribution in [0.15, 0.2) is 30.3 Å². The van der Waals surface area contributed by atoms with Gasteiger partial charge in [0.15, 0.2) is 0 Å². The van der Waals surface area contributed by atoms with E-state index in [1.54, 1.807) is 0 Å². The Balaban J connectivity index is 0.0000106. The SMILES string of the molecule is CC[C@H](C)[C@@H]([NH3+])[C@@H](O)CC(=O)C[C@H](C(=O)[C@@H](C)C(=O)N[C@@H](CC(C)C)C(=O)N1CCC[C@H]1C(=O)OCc1ccccc1)C(C)C.[Cl-]. The van der Waals surface area contributed by atoms with Crippen molar-refractivity contribution in [1.82, 2.24) is 10.2 Å². The number of amides is 2. The summed E-state index contributed by atoms with van der Waals surface area (Å²) < 4.78 is 5.53. The number of hydrogen-bond donors (Lipinski definition) is 3. The average Bonchev–Trinajstić information content (AvgIpc) is 3.50. The molecular formula is C35H56ClN3O7. The fourth-order valence-corrected chi connectivity index (χ4v) is 5.80. The Morgan fingerprint density at radius 3 is 2.22 bits per heavy atom. The third-order valence-electron chi connectivity index (χ3n) is 9.10. The minimum Gasteiger partial charge on any atom is -1.00 e. The lowest BCUT2D eigenvalue weighted by Crippen LogP contribution is -3.00. The lowest BCUT2D eigenvalue weighted by molar-refractivity contribution is -0.449. The van der Waals surface area contributed by atoms with Crippen molar-refractivity contribution in [3.8, 4) is 0 Å². The van der Waals surface area contributed by atoms with Crippen LogP contribution in [-0.4, -0.2) is 70.1 Å². The summed E-state index contributed by atoms with van der Waals surface area (Å²) in [5.74, 6) is -3.87. The van der Waals surface area contributed by atoms with Gasteiger partial charge in [0.1, 0.15) is 42.4 Å². The van der Waals surface area contributed by atoms with Crippen molar-refractivity contribution in [3.63, 3.8) is 0 Å². The molecule has 11 heteroatoms. The summed E-state index contributed by atoms with van der Waals surface area (Å²) in [6.45, 7) is 13.5. The Morgan fingerprint density at radius 1 is 1.02 bits per heavy atom. The van der Waals surface area contributed by atoms with E-state index in [0.29, 0.717) is 25.8 Å². The van der Waals surface area contributed by atoms with Crippen LogP contribution in [0.3, 0.4) is 0 Å². The number of Topliss-reactive ketones (excluding diaryl/α,β-unsaturated/α-hetero) is 2. The van der Waals surface area contributed by atoms with Gasteiger partial charge < -0.3 is 38.2 Å². The highest BCUT2D eigenvalue weighted by atomic mass is 35.5. The normalized spacial score (nSPS) is 18.6. The van der Waals surface area contributed by atoms with Crippen molar-refractivity contribution in [2.75, 3.05) is 6.54 Å². The van der Waals surface area contributed by atoms with Crippen LogP contribution >= 0.6 is 0 Å². The first-order valence-corrected chi connectivity index (χ1v) is 16.6. The number of benzene rings is 1. The second kappa shape index (κ2) is 19.8. The van der Waals surface area contributed by atoms with Crippen LogP contribution in [0.25, 0.3) is 0 Å². The Labute approximate surface area is 281 Å². The molecule has 0 aliphatic carbocycles. The van der Waals surface area contributed by atoms with Crippen molar-refractivity contribution in [2.45, 2.75) is 118 Å². The molecule has 1 heterocycles. The molecule has 46 heavy (non-hydrogen) atoms. The molecule has 0 spiro atoms. The molecule has 2 amide bonds. The Kier molecular flexibility index (Phi) is 17.7. The number of quaternary nitrogens is 1. The Bertz CT molecular complexity index is 1150. The summed E-state index contributed by atoms with van der Waals surface area (Å²) in [5, 5.41) is 13.3. The topological polar surface area (TPSA) is 158 Å². The fourth-order valence-electron chi connectivity index (χ4n) is 5.80. The molecule has 1 fully saturated rings. The van der Waals surface area contributed by atoms with E-state index in [9.17, 15) is 29.1 Å². The summed E-state index contributed by atoms with van der Waals surface area (Å²) in [6.07, 6.45) is 1.21. The van der Waals surface area contributed by atoms with Gasteiger partial charge in [-0.25, -0.2) is 4.79 Å². The molecule has 0 radical (unpaired) electrons. The second-order valence-corrected chi connectivity index (χ2v) is 13.5. The lowest BCUT2D eigenvalue weighted by Gasteiger charge is -2.30. The summed E-state index contributed by atoms with van der Waals surface area (Å²) in [5.41, 5.74) is 4.86. The van der Waals surface area contributed by atoms with Gasteiger partial charge in [-0.3, -0.25) is 19.2 Å². The first-order valence-electron chi connectivity index (χ1n) is 16.6. The van der Waals surface area contributed by atoms with Gasteiger partial charge in [0.05, 0.1) is 5.92 Å². The van der Waals surface area contributed by atoms with E-state index in [-0.39, 0.29) is 73.1 Å². The van der Waals surface area contributed by atoms with Crippen LogP contribution in [0.5, 0.6) is 0 Å². The molecule has 1 aromatic rings. The van der Waals surface area contributed by atoms with Gasteiger partial charge >= 0.3 is 5.97 Å². The van der Waals surface area contributed by atoms with E-state index in [1.807, 2.05) is 71.9 Å².